The van der Waals surface area contributed by atoms with Gasteiger partial charge in [-0.3, -0.25) is 19.8 Å². The lowest BCUT2D eigenvalue weighted by Gasteiger charge is -2.46. The quantitative estimate of drug-likeness (QED) is 0.647. The van der Waals surface area contributed by atoms with Crippen molar-refractivity contribution in [3.05, 3.63) is 29.3 Å². The second-order valence-electron chi connectivity index (χ2n) is 10.3. The Hall–Kier alpha value is -2.75. The molecule has 3 aliphatic rings. The van der Waals surface area contributed by atoms with E-state index in [1.165, 1.54) is 12.1 Å². The normalized spacial score (nSPS) is 26.0. The predicted octanol–water partition coefficient (Wildman–Crippen LogP) is 2.98. The summed E-state index contributed by atoms with van der Waals surface area (Å²) < 4.78 is 34.9. The van der Waals surface area contributed by atoms with Crippen LogP contribution in [0.4, 0.5) is 19.3 Å². The standard InChI is InChI=1S/C24H32F2N4O4/c1-24(2,3)34-23(33)30-8-6-29(7-9-30)16-10-14(11-16)27-15-12-18(25)21(19(26)13-15)17-4-5-20(31)28-22(17)32/h12-14,16-17,27H,4-11H2,1-3H3,(H,28,31,32). The summed E-state index contributed by atoms with van der Waals surface area (Å²) in [5.41, 5.74) is -0.464. The van der Waals surface area contributed by atoms with Gasteiger partial charge in [-0.25, -0.2) is 13.6 Å². The zero-order chi connectivity index (χ0) is 24.6. The van der Waals surface area contributed by atoms with Crippen LogP contribution in [-0.2, 0) is 14.3 Å². The smallest absolute Gasteiger partial charge is 0.410 e. The molecule has 1 atom stereocenters. The molecule has 1 aromatic rings. The van der Waals surface area contributed by atoms with Crippen LogP contribution < -0.4 is 10.6 Å². The number of nitrogens with zero attached hydrogens (tertiary/aromatic N) is 2. The maximum atomic E-state index is 14.7. The third kappa shape index (κ3) is 5.48. The number of carbonyl (C=O) groups is 3. The monoisotopic (exact) mass is 478 g/mol. The molecule has 2 aliphatic heterocycles. The van der Waals surface area contributed by atoms with Crippen LogP contribution in [0.5, 0.6) is 0 Å². The minimum Gasteiger partial charge on any atom is -0.444 e. The number of carbonyl (C=O) groups excluding carboxylic acids is 3. The number of piperazine rings is 1. The van der Waals surface area contributed by atoms with E-state index >= 15 is 0 Å². The molecule has 4 rings (SSSR count). The van der Waals surface area contributed by atoms with Crippen molar-refractivity contribution in [3.8, 4) is 0 Å². The first-order valence-electron chi connectivity index (χ1n) is 11.8. The second-order valence-corrected chi connectivity index (χ2v) is 10.3. The van der Waals surface area contributed by atoms with Gasteiger partial charge < -0.3 is 15.0 Å². The Morgan fingerprint density at radius 1 is 1.09 bits per heavy atom. The Labute approximate surface area is 198 Å². The lowest BCUT2D eigenvalue weighted by atomic mass is 9.84. The fraction of sp³-hybridized carbons (Fsp3) is 0.625. The number of nitrogens with one attached hydrogen (secondary N) is 2. The minimum atomic E-state index is -1.00. The van der Waals surface area contributed by atoms with Gasteiger partial charge in [-0.1, -0.05) is 0 Å². The van der Waals surface area contributed by atoms with Crippen molar-refractivity contribution in [1.82, 2.24) is 15.1 Å². The van der Waals surface area contributed by atoms with Gasteiger partial charge in [-0.05, 0) is 52.2 Å². The third-order valence-electron chi connectivity index (χ3n) is 6.63. The molecule has 8 nitrogen and oxygen atoms in total. The van der Waals surface area contributed by atoms with Crippen LogP contribution in [0, 0.1) is 11.6 Å². The SMILES string of the molecule is CC(C)(C)OC(=O)N1CCN(C2CC(Nc3cc(F)c(C4CCC(=O)NC4=O)c(F)c3)C2)CC1. The van der Waals surface area contributed by atoms with Gasteiger partial charge in [0.2, 0.25) is 11.8 Å². The van der Waals surface area contributed by atoms with Crippen LogP contribution >= 0.6 is 0 Å². The fourth-order valence-electron chi connectivity index (χ4n) is 4.81. The molecule has 2 heterocycles. The third-order valence-corrected chi connectivity index (χ3v) is 6.63. The molecule has 34 heavy (non-hydrogen) atoms. The van der Waals surface area contributed by atoms with Gasteiger partial charge in [-0.15, -0.1) is 0 Å². The molecule has 1 aromatic carbocycles. The number of imide groups is 1. The number of piperidine rings is 1. The summed E-state index contributed by atoms with van der Waals surface area (Å²) in [7, 11) is 0. The topological polar surface area (TPSA) is 91.0 Å². The van der Waals surface area contributed by atoms with Crippen LogP contribution in [0.25, 0.3) is 0 Å². The molecular formula is C24H32F2N4O4. The molecule has 3 fully saturated rings. The van der Waals surface area contributed by atoms with Crippen molar-refractivity contribution < 1.29 is 27.9 Å². The van der Waals surface area contributed by atoms with Crippen LogP contribution in [0.3, 0.4) is 0 Å². The van der Waals surface area contributed by atoms with Gasteiger partial charge in [0.15, 0.2) is 0 Å². The molecule has 2 saturated heterocycles. The van der Waals surface area contributed by atoms with E-state index in [0.717, 1.165) is 25.9 Å². The van der Waals surface area contributed by atoms with Crippen molar-refractivity contribution in [1.29, 1.82) is 0 Å². The molecule has 1 aliphatic carbocycles. The van der Waals surface area contributed by atoms with Gasteiger partial charge in [0.25, 0.3) is 0 Å². The lowest BCUT2D eigenvalue weighted by molar-refractivity contribution is -0.134. The number of anilines is 1. The summed E-state index contributed by atoms with van der Waals surface area (Å²) in [6, 6.07) is 2.88. The summed E-state index contributed by atoms with van der Waals surface area (Å²) in [5, 5.41) is 5.33. The van der Waals surface area contributed by atoms with Gasteiger partial charge >= 0.3 is 6.09 Å². The number of rotatable bonds is 4. The van der Waals surface area contributed by atoms with Crippen molar-refractivity contribution in [2.24, 2.45) is 0 Å². The average Bonchev–Trinajstić information content (AvgIpc) is 2.70. The summed E-state index contributed by atoms with van der Waals surface area (Å²) in [6.07, 6.45) is 1.54. The van der Waals surface area contributed by atoms with E-state index in [2.05, 4.69) is 15.5 Å². The lowest BCUT2D eigenvalue weighted by Crippen LogP contribution is -2.57. The molecule has 2 N–H and O–H groups in total. The van der Waals surface area contributed by atoms with Gasteiger partial charge in [-0.2, -0.15) is 0 Å². The van der Waals surface area contributed by atoms with Gasteiger partial charge in [0.05, 0.1) is 5.92 Å². The average molecular weight is 479 g/mol. The maximum Gasteiger partial charge on any atom is 0.410 e. The molecule has 1 saturated carbocycles. The van der Waals surface area contributed by atoms with Gasteiger partial charge in [0.1, 0.15) is 17.2 Å². The molecule has 1 unspecified atom stereocenters. The van der Waals surface area contributed by atoms with Crippen LogP contribution in [0.15, 0.2) is 12.1 Å². The molecule has 0 radical (unpaired) electrons. The molecule has 3 amide bonds. The highest BCUT2D eigenvalue weighted by Gasteiger charge is 2.37. The number of hydrogen-bond acceptors (Lipinski definition) is 6. The number of benzene rings is 1. The van der Waals surface area contributed by atoms with E-state index in [9.17, 15) is 23.2 Å². The van der Waals surface area contributed by atoms with Crippen molar-refractivity contribution in [3.63, 3.8) is 0 Å². The predicted molar refractivity (Wildman–Crippen MR) is 121 cm³/mol. The zero-order valence-corrected chi connectivity index (χ0v) is 19.8. The Morgan fingerprint density at radius 3 is 2.26 bits per heavy atom. The van der Waals surface area contributed by atoms with Gasteiger partial charge in [0, 0.05) is 55.9 Å². The Morgan fingerprint density at radius 2 is 1.71 bits per heavy atom. The van der Waals surface area contributed by atoms with E-state index in [1.54, 1.807) is 4.90 Å². The summed E-state index contributed by atoms with van der Waals surface area (Å²) in [5.74, 6) is -3.66. The van der Waals surface area contributed by atoms with Crippen LogP contribution in [0.1, 0.15) is 57.9 Å². The first-order valence-corrected chi connectivity index (χ1v) is 11.8. The Kier molecular flexibility index (Phi) is 6.80. The van der Waals surface area contributed by atoms with Crippen molar-refractivity contribution >= 4 is 23.6 Å². The Bertz CT molecular complexity index is 943. The number of halogens is 2. The molecule has 0 aromatic heterocycles. The fourth-order valence-corrected chi connectivity index (χ4v) is 4.81. The van der Waals surface area contributed by atoms with Crippen LogP contribution in [0.2, 0.25) is 0 Å². The number of hydrogen-bond donors (Lipinski definition) is 2. The first-order chi connectivity index (χ1) is 16.0. The Balaban J connectivity index is 1.27. The maximum absolute atomic E-state index is 14.7. The van der Waals surface area contributed by atoms with E-state index in [-0.39, 0.29) is 30.5 Å². The number of ether oxygens (including phenoxy) is 1. The van der Waals surface area contributed by atoms with Crippen molar-refractivity contribution in [2.45, 2.75) is 70.1 Å². The molecule has 0 spiro atoms. The van der Waals surface area contributed by atoms with Crippen LogP contribution in [-0.4, -0.2) is 71.6 Å². The highest BCUT2D eigenvalue weighted by atomic mass is 19.1. The molecular weight excluding hydrogens is 446 g/mol. The summed E-state index contributed by atoms with van der Waals surface area (Å²) in [6.45, 7) is 8.30. The summed E-state index contributed by atoms with van der Waals surface area (Å²) in [4.78, 5) is 39.6. The summed E-state index contributed by atoms with van der Waals surface area (Å²) >= 11 is 0. The first kappa shape index (κ1) is 24.4. The van der Waals surface area contributed by atoms with E-state index in [4.69, 9.17) is 4.74 Å². The number of amides is 3. The second kappa shape index (κ2) is 9.48. The van der Waals surface area contributed by atoms with E-state index in [0.29, 0.717) is 24.8 Å². The molecule has 0 bridgehead atoms. The highest BCUT2D eigenvalue weighted by molar-refractivity contribution is 6.01. The highest BCUT2D eigenvalue weighted by Crippen LogP contribution is 2.34. The molecule has 10 heteroatoms. The van der Waals surface area contributed by atoms with E-state index < -0.39 is 35.0 Å². The van der Waals surface area contributed by atoms with Crippen molar-refractivity contribution in [2.75, 3.05) is 31.5 Å². The molecule has 186 valence electrons. The minimum absolute atomic E-state index is 0.0603. The van der Waals surface area contributed by atoms with E-state index in [1.807, 2.05) is 20.8 Å². The largest absolute Gasteiger partial charge is 0.444 e. The zero-order valence-electron chi connectivity index (χ0n) is 19.8.